The maximum atomic E-state index is 12.1. The Bertz CT molecular complexity index is 664. The summed E-state index contributed by atoms with van der Waals surface area (Å²) in [6.45, 7) is 7.86. The molecule has 0 saturated carbocycles. The average Bonchev–Trinajstić information content (AvgIpc) is 3.06. The Morgan fingerprint density at radius 3 is 2.90 bits per heavy atom. The first-order valence-electron chi connectivity index (χ1n) is 7.36. The lowest BCUT2D eigenvalue weighted by molar-refractivity contribution is -0.119. The van der Waals surface area contributed by atoms with Crippen LogP contribution in [-0.4, -0.2) is 24.0 Å². The number of nitrogens with zero attached hydrogens (tertiary/aromatic N) is 1. The number of oxazole rings is 1. The van der Waals surface area contributed by atoms with Crippen molar-refractivity contribution in [3.63, 3.8) is 0 Å². The fraction of sp³-hybridized carbons (Fsp3) is 0.500. The van der Waals surface area contributed by atoms with Gasteiger partial charge in [-0.15, -0.1) is 0 Å². The molecule has 2 aromatic rings. The van der Waals surface area contributed by atoms with E-state index in [1.807, 2.05) is 18.2 Å². The normalized spacial score (nSPS) is 19.1. The van der Waals surface area contributed by atoms with Crippen LogP contribution in [0.15, 0.2) is 22.6 Å². The number of carbonyl (C=O) groups excluding carboxylic acids is 1. The summed E-state index contributed by atoms with van der Waals surface area (Å²) in [5.41, 5.74) is 2.17. The minimum Gasteiger partial charge on any atom is -0.440 e. The van der Waals surface area contributed by atoms with Crippen molar-refractivity contribution in [2.75, 3.05) is 18.4 Å². The highest BCUT2D eigenvalue weighted by molar-refractivity contribution is 5.94. The Balaban J connectivity index is 1.82. The molecule has 0 spiro atoms. The predicted octanol–water partition coefficient (Wildman–Crippen LogP) is 2.67. The highest BCUT2D eigenvalue weighted by Crippen LogP contribution is 2.27. The van der Waals surface area contributed by atoms with E-state index >= 15 is 0 Å². The van der Waals surface area contributed by atoms with E-state index in [9.17, 15) is 4.79 Å². The summed E-state index contributed by atoms with van der Waals surface area (Å²) in [6.07, 6.45) is 0.895. The smallest absolute Gasteiger partial charge is 0.228 e. The third-order valence-electron chi connectivity index (χ3n) is 3.73. The van der Waals surface area contributed by atoms with E-state index in [-0.39, 0.29) is 17.2 Å². The molecule has 112 valence electrons. The van der Waals surface area contributed by atoms with Gasteiger partial charge in [0.1, 0.15) is 5.52 Å². The second kappa shape index (κ2) is 5.15. The largest absolute Gasteiger partial charge is 0.440 e. The van der Waals surface area contributed by atoms with Gasteiger partial charge < -0.3 is 15.1 Å². The van der Waals surface area contributed by atoms with E-state index in [4.69, 9.17) is 4.42 Å². The quantitative estimate of drug-likeness (QED) is 0.891. The highest BCUT2D eigenvalue weighted by atomic mass is 16.3. The third-order valence-corrected chi connectivity index (χ3v) is 3.73. The van der Waals surface area contributed by atoms with Gasteiger partial charge in [-0.3, -0.25) is 4.79 Å². The van der Waals surface area contributed by atoms with Gasteiger partial charge >= 0.3 is 0 Å². The van der Waals surface area contributed by atoms with Gasteiger partial charge in [-0.05, 0) is 31.2 Å². The number of amides is 1. The number of fused-ring (bicyclic) bond motifs is 1. The number of benzene rings is 1. The highest BCUT2D eigenvalue weighted by Gasteiger charge is 2.23. The summed E-state index contributed by atoms with van der Waals surface area (Å²) >= 11 is 0. The first kappa shape index (κ1) is 14.1. The number of rotatable bonds is 2. The van der Waals surface area contributed by atoms with Crippen LogP contribution < -0.4 is 10.6 Å². The molecule has 0 radical (unpaired) electrons. The lowest BCUT2D eigenvalue weighted by atomic mass is 9.97. The summed E-state index contributed by atoms with van der Waals surface area (Å²) in [6, 6.07) is 5.59. The monoisotopic (exact) mass is 287 g/mol. The zero-order chi connectivity index (χ0) is 15.0. The lowest BCUT2D eigenvalue weighted by Gasteiger charge is -2.11. The fourth-order valence-electron chi connectivity index (χ4n) is 2.45. The van der Waals surface area contributed by atoms with Crippen LogP contribution in [-0.2, 0) is 10.2 Å². The molecule has 1 atom stereocenters. The molecule has 0 bridgehead atoms. The van der Waals surface area contributed by atoms with Gasteiger partial charge in [0.15, 0.2) is 5.58 Å². The number of hydrogen-bond acceptors (Lipinski definition) is 4. The average molecular weight is 287 g/mol. The minimum absolute atomic E-state index is 0.0585. The lowest BCUT2D eigenvalue weighted by Crippen LogP contribution is -2.24. The summed E-state index contributed by atoms with van der Waals surface area (Å²) in [5, 5.41) is 6.16. The standard InChI is InChI=1S/C16H21N3O2/c1-16(2,3)15-19-12-8-11(4-5-13(12)21-15)18-14(20)10-6-7-17-9-10/h4-5,8,10,17H,6-7,9H2,1-3H3,(H,18,20). The SMILES string of the molecule is CC(C)(C)c1nc2cc(NC(=O)C3CCNC3)ccc2o1. The molecule has 0 aliphatic carbocycles. The molecule has 2 heterocycles. The number of anilines is 1. The molecule has 1 saturated heterocycles. The summed E-state index contributed by atoms with van der Waals surface area (Å²) in [4.78, 5) is 16.6. The molecule has 1 aliphatic rings. The zero-order valence-corrected chi connectivity index (χ0v) is 12.7. The van der Waals surface area contributed by atoms with Crippen molar-refractivity contribution in [1.29, 1.82) is 0 Å². The summed E-state index contributed by atoms with van der Waals surface area (Å²) < 4.78 is 5.76. The van der Waals surface area contributed by atoms with Crippen LogP contribution >= 0.6 is 0 Å². The molecule has 1 aliphatic heterocycles. The molecule has 2 N–H and O–H groups in total. The van der Waals surface area contributed by atoms with Gasteiger partial charge in [0.05, 0.1) is 5.92 Å². The predicted molar refractivity (Wildman–Crippen MR) is 82.3 cm³/mol. The van der Waals surface area contributed by atoms with Crippen molar-refractivity contribution < 1.29 is 9.21 Å². The molecule has 5 heteroatoms. The Hall–Kier alpha value is -1.88. The molecule has 5 nitrogen and oxygen atoms in total. The van der Waals surface area contributed by atoms with E-state index in [0.29, 0.717) is 5.89 Å². The molecule has 1 unspecified atom stereocenters. The molecule has 1 aromatic heterocycles. The summed E-state index contributed by atoms with van der Waals surface area (Å²) in [7, 11) is 0. The zero-order valence-electron chi connectivity index (χ0n) is 12.7. The number of aromatic nitrogens is 1. The van der Waals surface area contributed by atoms with Gasteiger partial charge in [-0.1, -0.05) is 20.8 Å². The number of carbonyl (C=O) groups is 1. The first-order valence-corrected chi connectivity index (χ1v) is 7.36. The maximum Gasteiger partial charge on any atom is 0.228 e. The minimum atomic E-state index is -0.127. The molecule has 3 rings (SSSR count). The first-order chi connectivity index (χ1) is 9.93. The van der Waals surface area contributed by atoms with Gasteiger partial charge in [0, 0.05) is 17.6 Å². The van der Waals surface area contributed by atoms with Crippen molar-refractivity contribution >= 4 is 22.7 Å². The van der Waals surface area contributed by atoms with Crippen molar-refractivity contribution in [2.45, 2.75) is 32.6 Å². The topological polar surface area (TPSA) is 67.2 Å². The van der Waals surface area contributed by atoms with Crippen LogP contribution in [0.1, 0.15) is 33.1 Å². The summed E-state index contributed by atoms with van der Waals surface area (Å²) in [5.74, 6) is 0.836. The van der Waals surface area contributed by atoms with Crippen LogP contribution in [0, 0.1) is 5.92 Å². The van der Waals surface area contributed by atoms with E-state index in [1.165, 1.54) is 0 Å². The number of nitrogens with one attached hydrogen (secondary N) is 2. The van der Waals surface area contributed by atoms with Crippen LogP contribution in [0.3, 0.4) is 0 Å². The molecule has 1 fully saturated rings. The van der Waals surface area contributed by atoms with E-state index in [0.717, 1.165) is 36.3 Å². The van der Waals surface area contributed by atoms with Crippen LogP contribution in [0.5, 0.6) is 0 Å². The van der Waals surface area contributed by atoms with Crippen LogP contribution in [0.2, 0.25) is 0 Å². The van der Waals surface area contributed by atoms with Crippen LogP contribution in [0.25, 0.3) is 11.1 Å². The van der Waals surface area contributed by atoms with Crippen LogP contribution in [0.4, 0.5) is 5.69 Å². The van der Waals surface area contributed by atoms with Crippen molar-refractivity contribution in [2.24, 2.45) is 5.92 Å². The van der Waals surface area contributed by atoms with E-state index in [2.05, 4.69) is 36.4 Å². The Kier molecular flexibility index (Phi) is 3.45. The fourth-order valence-corrected chi connectivity index (χ4v) is 2.45. The van der Waals surface area contributed by atoms with Gasteiger partial charge in [0.25, 0.3) is 0 Å². The van der Waals surface area contributed by atoms with Gasteiger partial charge in [-0.25, -0.2) is 4.98 Å². The Labute approximate surface area is 124 Å². The Morgan fingerprint density at radius 1 is 1.43 bits per heavy atom. The van der Waals surface area contributed by atoms with E-state index in [1.54, 1.807) is 0 Å². The molecular formula is C16H21N3O2. The maximum absolute atomic E-state index is 12.1. The third kappa shape index (κ3) is 2.93. The van der Waals surface area contributed by atoms with Crippen molar-refractivity contribution in [3.05, 3.63) is 24.1 Å². The van der Waals surface area contributed by atoms with Crippen molar-refractivity contribution in [3.8, 4) is 0 Å². The van der Waals surface area contributed by atoms with Gasteiger partial charge in [-0.2, -0.15) is 0 Å². The molecule has 1 amide bonds. The Morgan fingerprint density at radius 2 is 2.24 bits per heavy atom. The van der Waals surface area contributed by atoms with E-state index < -0.39 is 0 Å². The molecular weight excluding hydrogens is 266 g/mol. The second-order valence-corrected chi connectivity index (χ2v) is 6.63. The second-order valence-electron chi connectivity index (χ2n) is 6.63. The number of hydrogen-bond donors (Lipinski definition) is 2. The molecule has 21 heavy (non-hydrogen) atoms. The van der Waals surface area contributed by atoms with Gasteiger partial charge in [0.2, 0.25) is 11.8 Å². The van der Waals surface area contributed by atoms with Crippen molar-refractivity contribution in [1.82, 2.24) is 10.3 Å². The molecule has 1 aromatic carbocycles.